The van der Waals surface area contributed by atoms with E-state index in [2.05, 4.69) is 19.6 Å². The molecule has 0 aromatic carbocycles. The SMILES string of the molecule is ClNc1cc(NCl)ncn1. The van der Waals surface area contributed by atoms with E-state index in [1.54, 1.807) is 6.07 Å². The van der Waals surface area contributed by atoms with Gasteiger partial charge in [0.25, 0.3) is 0 Å². The molecule has 54 valence electrons. The van der Waals surface area contributed by atoms with E-state index in [-0.39, 0.29) is 0 Å². The summed E-state index contributed by atoms with van der Waals surface area (Å²) in [6.07, 6.45) is 1.34. The van der Waals surface area contributed by atoms with Crippen LogP contribution in [0, 0.1) is 0 Å². The minimum Gasteiger partial charge on any atom is -0.282 e. The van der Waals surface area contributed by atoms with Crippen molar-refractivity contribution in [1.29, 1.82) is 0 Å². The van der Waals surface area contributed by atoms with Crippen LogP contribution in [0.2, 0.25) is 0 Å². The van der Waals surface area contributed by atoms with E-state index in [0.29, 0.717) is 11.6 Å². The fraction of sp³-hybridized carbons (Fsp3) is 0. The highest BCUT2D eigenvalue weighted by Crippen LogP contribution is 2.08. The van der Waals surface area contributed by atoms with Gasteiger partial charge >= 0.3 is 0 Å². The Kier molecular flexibility index (Phi) is 2.53. The zero-order valence-electron chi connectivity index (χ0n) is 4.81. The number of aromatic nitrogens is 2. The van der Waals surface area contributed by atoms with Gasteiger partial charge in [-0.2, -0.15) is 0 Å². The highest BCUT2D eigenvalue weighted by Gasteiger charge is 1.93. The lowest BCUT2D eigenvalue weighted by Crippen LogP contribution is -1.90. The third-order valence-electron chi connectivity index (χ3n) is 0.861. The molecule has 0 amide bonds. The van der Waals surface area contributed by atoms with E-state index in [0.717, 1.165) is 0 Å². The van der Waals surface area contributed by atoms with Gasteiger partial charge in [0, 0.05) is 29.6 Å². The molecule has 4 nitrogen and oxygen atoms in total. The smallest absolute Gasteiger partial charge is 0.145 e. The first kappa shape index (κ1) is 7.37. The second-order valence-electron chi connectivity index (χ2n) is 1.48. The predicted octanol–water partition coefficient (Wildman–Crippen LogP) is 1.61. The summed E-state index contributed by atoms with van der Waals surface area (Å²) in [6.45, 7) is 0. The topological polar surface area (TPSA) is 49.8 Å². The monoisotopic (exact) mass is 178 g/mol. The van der Waals surface area contributed by atoms with Gasteiger partial charge in [-0.25, -0.2) is 9.97 Å². The van der Waals surface area contributed by atoms with E-state index >= 15 is 0 Å². The fourth-order valence-electron chi connectivity index (χ4n) is 0.461. The van der Waals surface area contributed by atoms with Crippen molar-refractivity contribution in [1.82, 2.24) is 9.97 Å². The van der Waals surface area contributed by atoms with Crippen LogP contribution in [0.3, 0.4) is 0 Å². The van der Waals surface area contributed by atoms with Gasteiger partial charge < -0.3 is 0 Å². The normalized spacial score (nSPS) is 9.00. The molecule has 0 saturated carbocycles. The first-order chi connectivity index (χ1) is 4.86. The number of nitrogens with zero attached hydrogens (tertiary/aromatic N) is 2. The van der Waals surface area contributed by atoms with Crippen LogP contribution in [0.1, 0.15) is 0 Å². The molecular formula is C4H4Cl2N4. The van der Waals surface area contributed by atoms with Crippen molar-refractivity contribution in [2.24, 2.45) is 0 Å². The number of rotatable bonds is 2. The lowest BCUT2D eigenvalue weighted by atomic mass is 10.5. The highest BCUT2D eigenvalue weighted by molar-refractivity contribution is 6.24. The zero-order chi connectivity index (χ0) is 7.40. The second kappa shape index (κ2) is 3.43. The molecular weight excluding hydrogens is 175 g/mol. The Balaban J connectivity index is 2.87. The van der Waals surface area contributed by atoms with Crippen molar-refractivity contribution in [2.75, 3.05) is 9.67 Å². The van der Waals surface area contributed by atoms with Crippen molar-refractivity contribution in [3.05, 3.63) is 12.4 Å². The second-order valence-corrected chi connectivity index (χ2v) is 1.86. The Bertz CT molecular complexity index is 197. The maximum Gasteiger partial charge on any atom is 0.145 e. The Morgan fingerprint density at radius 2 is 1.60 bits per heavy atom. The van der Waals surface area contributed by atoms with Gasteiger partial charge in [0.2, 0.25) is 0 Å². The maximum absolute atomic E-state index is 5.24. The molecule has 0 saturated heterocycles. The molecule has 0 bridgehead atoms. The summed E-state index contributed by atoms with van der Waals surface area (Å²) >= 11 is 10.5. The number of hydrogen-bond acceptors (Lipinski definition) is 4. The predicted molar refractivity (Wildman–Crippen MR) is 41.0 cm³/mol. The Morgan fingerprint density at radius 3 is 2.00 bits per heavy atom. The first-order valence-corrected chi connectivity index (χ1v) is 3.17. The Hall–Kier alpha value is -0.740. The summed E-state index contributed by atoms with van der Waals surface area (Å²) in [4.78, 5) is 12.2. The number of hydrogen-bond donors (Lipinski definition) is 2. The van der Waals surface area contributed by atoms with Crippen LogP contribution in [0.15, 0.2) is 12.4 Å². The maximum atomic E-state index is 5.24. The van der Waals surface area contributed by atoms with E-state index in [4.69, 9.17) is 23.6 Å². The van der Waals surface area contributed by atoms with Gasteiger partial charge in [-0.1, -0.05) is 0 Å². The summed E-state index contributed by atoms with van der Waals surface area (Å²) < 4.78 is 0. The number of anilines is 2. The van der Waals surface area contributed by atoms with E-state index < -0.39 is 0 Å². The summed E-state index contributed by atoms with van der Waals surface area (Å²) in [5, 5.41) is 0. The van der Waals surface area contributed by atoms with Gasteiger partial charge in [-0.3, -0.25) is 9.67 Å². The Labute approximate surface area is 67.8 Å². The standard InChI is InChI=1S/C4H4Cl2N4/c5-9-3-1-4(10-6)8-2-7-3/h1-2H,(H2,7,8,9,10). The molecule has 0 fully saturated rings. The number of halogens is 2. The van der Waals surface area contributed by atoms with Gasteiger partial charge in [0.05, 0.1) is 0 Å². The quantitative estimate of drug-likeness (QED) is 0.677. The minimum atomic E-state index is 0.500. The number of nitrogens with one attached hydrogen (secondary N) is 2. The highest BCUT2D eigenvalue weighted by atomic mass is 35.5. The summed E-state index contributed by atoms with van der Waals surface area (Å²) in [5.41, 5.74) is 0. The van der Waals surface area contributed by atoms with Crippen LogP contribution in [-0.2, 0) is 0 Å². The van der Waals surface area contributed by atoms with E-state index in [1.165, 1.54) is 6.33 Å². The van der Waals surface area contributed by atoms with Crippen molar-refractivity contribution in [2.45, 2.75) is 0 Å². The van der Waals surface area contributed by atoms with Gasteiger partial charge in [0.1, 0.15) is 18.0 Å². The van der Waals surface area contributed by atoms with Crippen LogP contribution >= 0.6 is 23.6 Å². The average Bonchev–Trinajstić information content (AvgIpc) is 2.05. The molecule has 0 radical (unpaired) electrons. The van der Waals surface area contributed by atoms with Crippen LogP contribution in [0.4, 0.5) is 11.6 Å². The molecule has 0 aliphatic heterocycles. The van der Waals surface area contributed by atoms with Crippen LogP contribution in [0.25, 0.3) is 0 Å². The lowest BCUT2D eigenvalue weighted by molar-refractivity contribution is 1.18. The van der Waals surface area contributed by atoms with Crippen molar-refractivity contribution >= 4 is 35.2 Å². The molecule has 0 aliphatic rings. The third kappa shape index (κ3) is 1.62. The largest absolute Gasteiger partial charge is 0.282 e. The van der Waals surface area contributed by atoms with Crippen molar-refractivity contribution in [3.63, 3.8) is 0 Å². The zero-order valence-corrected chi connectivity index (χ0v) is 6.32. The fourth-order valence-corrected chi connectivity index (χ4v) is 0.667. The molecule has 10 heavy (non-hydrogen) atoms. The van der Waals surface area contributed by atoms with Crippen LogP contribution in [0.5, 0.6) is 0 Å². The molecule has 0 spiro atoms. The third-order valence-corrected chi connectivity index (χ3v) is 1.25. The van der Waals surface area contributed by atoms with Gasteiger partial charge in [-0.15, -0.1) is 0 Å². The average molecular weight is 179 g/mol. The lowest BCUT2D eigenvalue weighted by Gasteiger charge is -1.97. The molecule has 6 heteroatoms. The first-order valence-electron chi connectivity index (χ1n) is 2.42. The summed E-state index contributed by atoms with van der Waals surface area (Å²) in [5.74, 6) is 1.000. The van der Waals surface area contributed by atoms with Crippen LogP contribution < -0.4 is 9.67 Å². The van der Waals surface area contributed by atoms with Crippen LogP contribution in [-0.4, -0.2) is 9.97 Å². The molecule has 1 rings (SSSR count). The van der Waals surface area contributed by atoms with E-state index in [9.17, 15) is 0 Å². The molecule has 1 heterocycles. The van der Waals surface area contributed by atoms with Gasteiger partial charge in [0.15, 0.2) is 0 Å². The van der Waals surface area contributed by atoms with Crippen molar-refractivity contribution in [3.8, 4) is 0 Å². The molecule has 1 aromatic heterocycles. The minimum absolute atomic E-state index is 0.500. The molecule has 0 atom stereocenters. The van der Waals surface area contributed by atoms with Gasteiger partial charge in [-0.05, 0) is 0 Å². The molecule has 0 aliphatic carbocycles. The molecule has 2 N–H and O–H groups in total. The summed E-state index contributed by atoms with van der Waals surface area (Å²) in [7, 11) is 0. The molecule has 0 unspecified atom stereocenters. The summed E-state index contributed by atoms with van der Waals surface area (Å²) in [6, 6.07) is 1.57. The Morgan fingerprint density at radius 1 is 1.10 bits per heavy atom. The van der Waals surface area contributed by atoms with E-state index in [1.807, 2.05) is 0 Å². The molecule has 1 aromatic rings. The van der Waals surface area contributed by atoms with Crippen molar-refractivity contribution < 1.29 is 0 Å².